The van der Waals surface area contributed by atoms with Crippen LogP contribution in [0.4, 0.5) is 10.1 Å². The number of methoxy groups -OCH3 is 2. The standard InChI is InChI=1S/C32H38FN3O6S/c1-22-13-15-26(16-14-22)36(43(39,40)27-17-18-29(41-3)30(19-27)42-4)21-31(37)35(20-24-9-5-8-12-28(24)33)23(2)32(38)34-25-10-6-7-11-25/h5,8-9,12-19,23,25H,6-7,10-11,20-21H2,1-4H3,(H,34,38)/t23-/m1/s1. The number of carbonyl (C=O) groups excluding carboxylic acids is 2. The van der Waals surface area contributed by atoms with Gasteiger partial charge >= 0.3 is 0 Å². The molecule has 0 aliphatic heterocycles. The largest absolute Gasteiger partial charge is 0.493 e. The lowest BCUT2D eigenvalue weighted by molar-refractivity contribution is -0.139. The van der Waals surface area contributed by atoms with E-state index in [1.165, 1.54) is 55.5 Å². The number of rotatable bonds is 12. The first-order valence-corrected chi connectivity index (χ1v) is 15.6. The van der Waals surface area contributed by atoms with Crippen molar-refractivity contribution in [2.45, 2.75) is 63.1 Å². The van der Waals surface area contributed by atoms with Crippen LogP contribution in [0.1, 0.15) is 43.7 Å². The van der Waals surface area contributed by atoms with E-state index in [-0.39, 0.29) is 40.4 Å². The van der Waals surface area contributed by atoms with E-state index < -0.39 is 34.3 Å². The molecule has 0 spiro atoms. The zero-order chi connectivity index (χ0) is 31.1. The minimum absolute atomic E-state index is 0.00912. The Morgan fingerprint density at radius 2 is 1.63 bits per heavy atom. The molecule has 0 aromatic heterocycles. The van der Waals surface area contributed by atoms with Crippen molar-refractivity contribution >= 4 is 27.5 Å². The Morgan fingerprint density at radius 1 is 0.977 bits per heavy atom. The van der Waals surface area contributed by atoms with Crippen LogP contribution in [-0.4, -0.2) is 58.0 Å². The molecule has 0 radical (unpaired) electrons. The number of anilines is 1. The van der Waals surface area contributed by atoms with Gasteiger partial charge in [-0.2, -0.15) is 0 Å². The monoisotopic (exact) mass is 611 g/mol. The van der Waals surface area contributed by atoms with Crippen molar-refractivity contribution < 1.29 is 31.9 Å². The maximum atomic E-state index is 14.7. The van der Waals surface area contributed by atoms with Gasteiger partial charge in [-0.1, -0.05) is 48.7 Å². The highest BCUT2D eigenvalue weighted by Gasteiger charge is 2.34. The number of sulfonamides is 1. The zero-order valence-electron chi connectivity index (χ0n) is 24.9. The number of nitrogens with zero attached hydrogens (tertiary/aromatic N) is 2. The topological polar surface area (TPSA) is 105 Å². The average Bonchev–Trinajstić information content (AvgIpc) is 3.52. The van der Waals surface area contributed by atoms with Crippen molar-refractivity contribution in [2.24, 2.45) is 0 Å². The maximum Gasteiger partial charge on any atom is 0.264 e. The Balaban J connectivity index is 1.72. The van der Waals surface area contributed by atoms with Crippen molar-refractivity contribution in [3.8, 4) is 11.5 Å². The summed E-state index contributed by atoms with van der Waals surface area (Å²) in [6, 6.07) is 15.9. The van der Waals surface area contributed by atoms with Crippen LogP contribution in [-0.2, 0) is 26.2 Å². The Hall–Kier alpha value is -4.12. The average molecular weight is 612 g/mol. The molecule has 3 aromatic rings. The molecule has 4 rings (SSSR count). The summed E-state index contributed by atoms with van der Waals surface area (Å²) in [6.45, 7) is 2.59. The number of halogens is 1. The normalized spacial score (nSPS) is 14.2. The molecule has 1 fully saturated rings. The van der Waals surface area contributed by atoms with Crippen molar-refractivity contribution in [1.82, 2.24) is 10.2 Å². The Labute approximate surface area is 252 Å². The summed E-state index contributed by atoms with van der Waals surface area (Å²) in [5, 5.41) is 3.00. The van der Waals surface area contributed by atoms with Crippen LogP contribution < -0.4 is 19.1 Å². The molecule has 0 unspecified atom stereocenters. The lowest BCUT2D eigenvalue weighted by Crippen LogP contribution is -2.52. The van der Waals surface area contributed by atoms with E-state index in [0.717, 1.165) is 35.6 Å². The summed E-state index contributed by atoms with van der Waals surface area (Å²) >= 11 is 0. The van der Waals surface area contributed by atoms with Crippen molar-refractivity contribution in [3.63, 3.8) is 0 Å². The number of ether oxygens (including phenoxy) is 2. The third-order valence-corrected chi connectivity index (χ3v) is 9.48. The molecular weight excluding hydrogens is 573 g/mol. The highest BCUT2D eigenvalue weighted by Crippen LogP contribution is 2.32. The van der Waals surface area contributed by atoms with Crippen LogP contribution in [0.25, 0.3) is 0 Å². The van der Waals surface area contributed by atoms with Crippen LogP contribution in [0.15, 0.2) is 71.6 Å². The predicted molar refractivity (Wildman–Crippen MR) is 162 cm³/mol. The molecule has 3 aromatic carbocycles. The van der Waals surface area contributed by atoms with Gasteiger partial charge in [0.1, 0.15) is 18.4 Å². The van der Waals surface area contributed by atoms with Crippen LogP contribution in [0.3, 0.4) is 0 Å². The fourth-order valence-corrected chi connectivity index (χ4v) is 6.56. The van der Waals surface area contributed by atoms with Crippen LogP contribution in [0.2, 0.25) is 0 Å². The highest BCUT2D eigenvalue weighted by atomic mass is 32.2. The van der Waals surface area contributed by atoms with Gasteiger partial charge in [0.2, 0.25) is 11.8 Å². The van der Waals surface area contributed by atoms with E-state index in [2.05, 4.69) is 5.32 Å². The highest BCUT2D eigenvalue weighted by molar-refractivity contribution is 7.92. The number of hydrogen-bond donors (Lipinski definition) is 1. The second kappa shape index (κ2) is 13.9. The van der Waals surface area contributed by atoms with E-state index in [1.807, 2.05) is 6.92 Å². The maximum absolute atomic E-state index is 14.7. The van der Waals surface area contributed by atoms with E-state index in [1.54, 1.807) is 37.3 Å². The Bertz CT molecular complexity index is 1540. The minimum atomic E-state index is -4.32. The third kappa shape index (κ3) is 7.45. The summed E-state index contributed by atoms with van der Waals surface area (Å²) < 4.78 is 54.5. The molecule has 2 amide bonds. The van der Waals surface area contributed by atoms with E-state index in [9.17, 15) is 22.4 Å². The van der Waals surface area contributed by atoms with Crippen LogP contribution in [0, 0.1) is 12.7 Å². The van der Waals surface area contributed by atoms with Crippen LogP contribution >= 0.6 is 0 Å². The van der Waals surface area contributed by atoms with Crippen molar-refractivity contribution in [3.05, 3.63) is 83.7 Å². The fraction of sp³-hybridized carbons (Fsp3) is 0.375. The van der Waals surface area contributed by atoms with Gasteiger partial charge in [-0.05, 0) is 57.0 Å². The first-order chi connectivity index (χ1) is 20.5. The van der Waals surface area contributed by atoms with E-state index in [0.29, 0.717) is 5.75 Å². The zero-order valence-corrected chi connectivity index (χ0v) is 25.7. The van der Waals surface area contributed by atoms with Gasteiger partial charge in [-0.3, -0.25) is 13.9 Å². The molecule has 1 atom stereocenters. The number of benzene rings is 3. The molecule has 43 heavy (non-hydrogen) atoms. The Kier molecular flexibility index (Phi) is 10.3. The SMILES string of the molecule is COc1ccc(S(=O)(=O)N(CC(=O)N(Cc2ccccc2F)[C@H](C)C(=O)NC2CCCC2)c2ccc(C)cc2)cc1OC. The lowest BCUT2D eigenvalue weighted by Gasteiger charge is -2.32. The molecule has 1 aliphatic carbocycles. The first kappa shape index (κ1) is 31.8. The smallest absolute Gasteiger partial charge is 0.264 e. The number of nitrogens with one attached hydrogen (secondary N) is 1. The van der Waals surface area contributed by atoms with Gasteiger partial charge in [-0.15, -0.1) is 0 Å². The summed E-state index contributed by atoms with van der Waals surface area (Å²) in [5.74, 6) is -1.02. The second-order valence-corrected chi connectivity index (χ2v) is 12.5. The van der Waals surface area contributed by atoms with Gasteiger partial charge in [0.25, 0.3) is 10.0 Å². The number of amides is 2. The summed E-state index contributed by atoms with van der Waals surface area (Å²) in [5.41, 5.74) is 1.36. The van der Waals surface area contributed by atoms with E-state index in [4.69, 9.17) is 9.47 Å². The molecule has 1 saturated carbocycles. The van der Waals surface area contributed by atoms with E-state index >= 15 is 0 Å². The summed E-state index contributed by atoms with van der Waals surface area (Å²) in [6.07, 6.45) is 3.72. The number of hydrogen-bond acceptors (Lipinski definition) is 6. The molecule has 11 heteroatoms. The molecule has 1 aliphatic rings. The Morgan fingerprint density at radius 3 is 2.26 bits per heavy atom. The lowest BCUT2D eigenvalue weighted by atomic mass is 10.1. The van der Waals surface area contributed by atoms with Gasteiger partial charge in [0.15, 0.2) is 11.5 Å². The fourth-order valence-electron chi connectivity index (χ4n) is 5.13. The molecule has 230 valence electrons. The van der Waals surface area contributed by atoms with Gasteiger partial charge in [-0.25, -0.2) is 12.8 Å². The second-order valence-electron chi connectivity index (χ2n) is 10.6. The quantitative estimate of drug-likeness (QED) is 0.315. The molecular formula is C32H38FN3O6S. The number of carbonyl (C=O) groups is 2. The molecule has 9 nitrogen and oxygen atoms in total. The summed E-state index contributed by atoms with van der Waals surface area (Å²) in [7, 11) is -1.48. The van der Waals surface area contributed by atoms with Crippen molar-refractivity contribution in [1.29, 1.82) is 0 Å². The molecule has 1 N–H and O–H groups in total. The van der Waals surface area contributed by atoms with Crippen LogP contribution in [0.5, 0.6) is 11.5 Å². The number of aryl methyl sites for hydroxylation is 1. The first-order valence-electron chi connectivity index (χ1n) is 14.2. The van der Waals surface area contributed by atoms with Gasteiger partial charge < -0.3 is 19.7 Å². The predicted octanol–water partition coefficient (Wildman–Crippen LogP) is 4.82. The molecule has 0 heterocycles. The van der Waals surface area contributed by atoms with Gasteiger partial charge in [0.05, 0.1) is 24.8 Å². The minimum Gasteiger partial charge on any atom is -0.493 e. The third-order valence-electron chi connectivity index (χ3n) is 7.71. The molecule has 0 bridgehead atoms. The van der Waals surface area contributed by atoms with Gasteiger partial charge in [0, 0.05) is 24.2 Å². The van der Waals surface area contributed by atoms with Crippen molar-refractivity contribution in [2.75, 3.05) is 25.1 Å². The summed E-state index contributed by atoms with van der Waals surface area (Å²) in [4.78, 5) is 28.5. The molecule has 0 saturated heterocycles.